The van der Waals surface area contributed by atoms with Gasteiger partial charge in [-0.3, -0.25) is 0 Å². The van der Waals surface area contributed by atoms with Crippen molar-refractivity contribution in [3.05, 3.63) is 28.2 Å². The van der Waals surface area contributed by atoms with E-state index in [0.717, 1.165) is 23.9 Å². The Kier molecular flexibility index (Phi) is 2.96. The smallest absolute Gasteiger partial charge is 0.123 e. The summed E-state index contributed by atoms with van der Waals surface area (Å²) in [6.07, 6.45) is 2.17. The standard InChI is InChI=1S/C10H9BrCl2O/c11-6-10(1-2-10)14-9-4-7(12)3-8(13)5-9/h3-5H,1-2,6H2. The topological polar surface area (TPSA) is 9.23 Å². The summed E-state index contributed by atoms with van der Waals surface area (Å²) in [4.78, 5) is 0. The van der Waals surface area contributed by atoms with Crippen LogP contribution < -0.4 is 4.74 Å². The quantitative estimate of drug-likeness (QED) is 0.756. The van der Waals surface area contributed by atoms with E-state index in [-0.39, 0.29) is 5.60 Å². The van der Waals surface area contributed by atoms with Gasteiger partial charge >= 0.3 is 0 Å². The fourth-order valence-corrected chi connectivity index (χ4v) is 2.42. The fourth-order valence-electron chi connectivity index (χ4n) is 1.24. The molecule has 0 spiro atoms. The summed E-state index contributed by atoms with van der Waals surface area (Å²) < 4.78 is 5.81. The van der Waals surface area contributed by atoms with E-state index in [1.165, 1.54) is 0 Å². The van der Waals surface area contributed by atoms with Crippen LogP contribution in [0.2, 0.25) is 10.0 Å². The predicted octanol–water partition coefficient (Wildman–Crippen LogP) is 4.30. The second-order valence-electron chi connectivity index (χ2n) is 3.52. The first-order valence-electron chi connectivity index (χ1n) is 4.35. The minimum Gasteiger partial charge on any atom is -0.486 e. The van der Waals surface area contributed by atoms with Gasteiger partial charge < -0.3 is 4.74 Å². The van der Waals surface area contributed by atoms with Crippen molar-refractivity contribution in [2.24, 2.45) is 0 Å². The van der Waals surface area contributed by atoms with Gasteiger partial charge in [-0.05, 0) is 31.0 Å². The molecule has 1 fully saturated rings. The summed E-state index contributed by atoms with van der Waals surface area (Å²) in [6.45, 7) is 0. The average Bonchev–Trinajstić information content (AvgIpc) is 2.83. The number of ether oxygens (including phenoxy) is 1. The molecule has 0 saturated heterocycles. The van der Waals surface area contributed by atoms with Gasteiger partial charge in [-0.15, -0.1) is 0 Å². The highest BCUT2D eigenvalue weighted by Crippen LogP contribution is 2.42. The molecule has 14 heavy (non-hydrogen) atoms. The Morgan fingerprint density at radius 1 is 1.21 bits per heavy atom. The Bertz CT molecular complexity index is 330. The predicted molar refractivity (Wildman–Crippen MR) is 62.8 cm³/mol. The summed E-state index contributed by atoms with van der Waals surface area (Å²) in [7, 11) is 0. The Labute approximate surface area is 101 Å². The van der Waals surface area contributed by atoms with Crippen molar-refractivity contribution in [2.45, 2.75) is 18.4 Å². The van der Waals surface area contributed by atoms with Crippen molar-refractivity contribution in [2.75, 3.05) is 5.33 Å². The van der Waals surface area contributed by atoms with Gasteiger partial charge in [0.05, 0.1) is 0 Å². The SMILES string of the molecule is Clc1cc(Cl)cc(OC2(CBr)CC2)c1. The third kappa shape index (κ3) is 2.36. The number of halogens is 3. The zero-order chi connectivity index (χ0) is 10.2. The lowest BCUT2D eigenvalue weighted by atomic mass is 10.3. The first kappa shape index (κ1) is 10.6. The van der Waals surface area contributed by atoms with Crippen molar-refractivity contribution in [1.82, 2.24) is 0 Å². The van der Waals surface area contributed by atoms with Gasteiger partial charge in [0.25, 0.3) is 0 Å². The fraction of sp³-hybridized carbons (Fsp3) is 0.400. The Morgan fingerprint density at radius 2 is 1.79 bits per heavy atom. The van der Waals surface area contributed by atoms with Crippen LogP contribution in [-0.2, 0) is 0 Å². The highest BCUT2D eigenvalue weighted by Gasteiger charge is 2.44. The maximum Gasteiger partial charge on any atom is 0.123 e. The summed E-state index contributed by atoms with van der Waals surface area (Å²) in [5, 5.41) is 2.07. The summed E-state index contributed by atoms with van der Waals surface area (Å²) in [6, 6.07) is 5.27. The molecule has 1 aliphatic carbocycles. The highest BCUT2D eigenvalue weighted by atomic mass is 79.9. The molecular formula is C10H9BrCl2O. The summed E-state index contributed by atoms with van der Waals surface area (Å²) in [5.41, 5.74) is -0.0198. The largest absolute Gasteiger partial charge is 0.486 e. The van der Waals surface area contributed by atoms with Crippen LogP contribution in [-0.4, -0.2) is 10.9 Å². The Balaban J connectivity index is 2.16. The van der Waals surface area contributed by atoms with E-state index in [1.54, 1.807) is 18.2 Å². The van der Waals surface area contributed by atoms with Crippen LogP contribution in [0.5, 0.6) is 5.75 Å². The third-order valence-corrected chi connectivity index (χ3v) is 3.68. The molecule has 1 aromatic carbocycles. The van der Waals surface area contributed by atoms with Crippen molar-refractivity contribution < 1.29 is 4.74 Å². The first-order valence-corrected chi connectivity index (χ1v) is 6.22. The van der Waals surface area contributed by atoms with E-state index in [0.29, 0.717) is 10.0 Å². The van der Waals surface area contributed by atoms with E-state index in [4.69, 9.17) is 27.9 Å². The monoisotopic (exact) mass is 294 g/mol. The van der Waals surface area contributed by atoms with Gasteiger partial charge in [-0.1, -0.05) is 39.1 Å². The molecule has 4 heteroatoms. The van der Waals surface area contributed by atoms with E-state index < -0.39 is 0 Å². The second kappa shape index (κ2) is 3.92. The molecule has 0 N–H and O–H groups in total. The zero-order valence-corrected chi connectivity index (χ0v) is 10.5. The van der Waals surface area contributed by atoms with Gasteiger partial charge in [-0.2, -0.15) is 0 Å². The Morgan fingerprint density at radius 3 is 2.21 bits per heavy atom. The molecule has 1 nitrogen and oxygen atoms in total. The normalized spacial score (nSPS) is 17.9. The van der Waals surface area contributed by atoms with Gasteiger partial charge in [-0.25, -0.2) is 0 Å². The van der Waals surface area contributed by atoms with E-state index in [2.05, 4.69) is 15.9 Å². The minimum absolute atomic E-state index is 0.0198. The van der Waals surface area contributed by atoms with Crippen LogP contribution in [0.3, 0.4) is 0 Å². The number of rotatable bonds is 3. The third-order valence-electron chi connectivity index (χ3n) is 2.22. The van der Waals surface area contributed by atoms with E-state index >= 15 is 0 Å². The second-order valence-corrected chi connectivity index (χ2v) is 4.96. The van der Waals surface area contributed by atoms with Gasteiger partial charge in [0, 0.05) is 15.4 Å². The molecule has 0 unspecified atom stereocenters. The van der Waals surface area contributed by atoms with Crippen LogP contribution in [0, 0.1) is 0 Å². The average molecular weight is 296 g/mol. The van der Waals surface area contributed by atoms with Crippen molar-refractivity contribution in [1.29, 1.82) is 0 Å². The van der Waals surface area contributed by atoms with Gasteiger partial charge in [0.15, 0.2) is 0 Å². The molecule has 0 aliphatic heterocycles. The van der Waals surface area contributed by atoms with Crippen LogP contribution in [0.25, 0.3) is 0 Å². The lowest BCUT2D eigenvalue weighted by Crippen LogP contribution is -2.19. The number of hydrogen-bond donors (Lipinski definition) is 0. The minimum atomic E-state index is -0.0198. The summed E-state index contributed by atoms with van der Waals surface area (Å²) >= 11 is 15.2. The maximum atomic E-state index is 5.87. The first-order chi connectivity index (χ1) is 6.63. The summed E-state index contributed by atoms with van der Waals surface area (Å²) in [5.74, 6) is 0.749. The van der Waals surface area contributed by atoms with Crippen molar-refractivity contribution >= 4 is 39.1 Å². The Hall–Kier alpha value is 0.0800. The highest BCUT2D eigenvalue weighted by molar-refractivity contribution is 9.09. The zero-order valence-electron chi connectivity index (χ0n) is 7.40. The van der Waals surface area contributed by atoms with Crippen molar-refractivity contribution in [3.8, 4) is 5.75 Å². The van der Waals surface area contributed by atoms with E-state index in [9.17, 15) is 0 Å². The molecule has 76 valence electrons. The van der Waals surface area contributed by atoms with Crippen molar-refractivity contribution in [3.63, 3.8) is 0 Å². The molecule has 0 bridgehead atoms. The van der Waals surface area contributed by atoms with E-state index in [1.807, 2.05) is 0 Å². The number of alkyl halides is 1. The molecule has 1 saturated carbocycles. The number of benzene rings is 1. The molecule has 0 aromatic heterocycles. The molecule has 2 rings (SSSR count). The number of hydrogen-bond acceptors (Lipinski definition) is 1. The van der Waals surface area contributed by atoms with Gasteiger partial charge in [0.1, 0.15) is 11.4 Å². The molecule has 1 aliphatic rings. The maximum absolute atomic E-state index is 5.87. The lowest BCUT2D eigenvalue weighted by Gasteiger charge is -2.15. The van der Waals surface area contributed by atoms with Crippen LogP contribution in [0.15, 0.2) is 18.2 Å². The van der Waals surface area contributed by atoms with Gasteiger partial charge in [0.2, 0.25) is 0 Å². The molecule has 0 radical (unpaired) electrons. The molecule has 1 aromatic rings. The van der Waals surface area contributed by atoms with Crippen LogP contribution in [0.1, 0.15) is 12.8 Å². The van der Waals surface area contributed by atoms with Crippen LogP contribution >= 0.6 is 39.1 Å². The van der Waals surface area contributed by atoms with Crippen LogP contribution in [0.4, 0.5) is 0 Å². The molecule has 0 atom stereocenters. The molecule has 0 heterocycles. The lowest BCUT2D eigenvalue weighted by molar-refractivity contribution is 0.206. The molecule has 0 amide bonds. The molecular weight excluding hydrogens is 287 g/mol.